The van der Waals surface area contributed by atoms with E-state index in [1.807, 2.05) is 36.4 Å². The maximum atomic E-state index is 10.7. The van der Waals surface area contributed by atoms with Crippen LogP contribution in [0.4, 0.5) is 5.69 Å². The normalized spacial score (nSPS) is 12.6. The number of nitrogens with one attached hydrogen (secondary N) is 1. The van der Waals surface area contributed by atoms with Gasteiger partial charge in [0, 0.05) is 43.0 Å². The van der Waals surface area contributed by atoms with Gasteiger partial charge in [0.15, 0.2) is 0 Å². The Labute approximate surface area is 180 Å². The molecule has 0 amide bonds. The first-order chi connectivity index (χ1) is 13.5. The van der Waals surface area contributed by atoms with Crippen LogP contribution in [0.15, 0.2) is 69.6 Å². The topological polar surface area (TPSA) is 57.4 Å². The minimum atomic E-state index is -0.566. The lowest BCUT2D eigenvalue weighted by atomic mass is 10.2. The number of hydrogen-bond acceptors (Lipinski definition) is 3. The third-order valence-corrected chi connectivity index (χ3v) is 5.82. The van der Waals surface area contributed by atoms with Crippen LogP contribution in [0.25, 0.3) is 21.8 Å². The third kappa shape index (κ3) is 3.96. The average Bonchev–Trinajstić information content (AvgIpc) is 2.99. The number of aromatic nitrogens is 1. The molecule has 4 nitrogen and oxygen atoms in total. The molecule has 0 aliphatic heterocycles. The van der Waals surface area contributed by atoms with Gasteiger partial charge in [-0.15, -0.1) is 0 Å². The van der Waals surface area contributed by atoms with Crippen LogP contribution < -0.4 is 5.32 Å². The second-order valence-electron chi connectivity index (χ2n) is 6.83. The molecule has 0 aliphatic carbocycles. The van der Waals surface area contributed by atoms with Crippen molar-refractivity contribution in [3.63, 3.8) is 0 Å². The zero-order valence-electron chi connectivity index (χ0n) is 15.1. The van der Waals surface area contributed by atoms with Gasteiger partial charge in [0.25, 0.3) is 0 Å². The predicted molar refractivity (Wildman–Crippen MR) is 122 cm³/mol. The number of fused-ring (bicyclic) bond motifs is 3. The van der Waals surface area contributed by atoms with Crippen LogP contribution in [0.2, 0.25) is 0 Å². The van der Waals surface area contributed by atoms with E-state index in [1.54, 1.807) is 0 Å². The fraction of sp³-hybridized carbons (Fsp3) is 0.182. The first kappa shape index (κ1) is 19.5. The van der Waals surface area contributed by atoms with Crippen LogP contribution in [0.5, 0.6) is 0 Å². The summed E-state index contributed by atoms with van der Waals surface area (Å²) < 4.78 is 4.23. The Morgan fingerprint density at radius 3 is 2.14 bits per heavy atom. The summed E-state index contributed by atoms with van der Waals surface area (Å²) in [5.41, 5.74) is 3.92. The van der Waals surface area contributed by atoms with E-state index >= 15 is 0 Å². The van der Waals surface area contributed by atoms with Crippen LogP contribution in [0, 0.1) is 0 Å². The van der Waals surface area contributed by atoms with E-state index < -0.39 is 6.10 Å². The molecule has 3 N–H and O–H groups in total. The minimum absolute atomic E-state index is 0.00450. The number of nitrogens with zero attached hydrogens (tertiary/aromatic N) is 1. The van der Waals surface area contributed by atoms with Crippen LogP contribution in [-0.4, -0.2) is 27.4 Å². The molecular weight excluding hydrogens is 484 g/mol. The molecule has 1 atom stereocenters. The highest BCUT2D eigenvalue weighted by atomic mass is 79.9. The maximum absolute atomic E-state index is 10.7. The number of rotatable bonds is 6. The first-order valence-corrected chi connectivity index (χ1v) is 10.6. The Balaban J connectivity index is 1.61. The summed E-state index contributed by atoms with van der Waals surface area (Å²) in [7, 11) is 0. The summed E-state index contributed by atoms with van der Waals surface area (Å²) in [6.45, 7) is 0.906. The number of anilines is 1. The summed E-state index contributed by atoms with van der Waals surface area (Å²) in [6.07, 6.45) is -0.566. The van der Waals surface area contributed by atoms with Gasteiger partial charge in [-0.2, -0.15) is 0 Å². The van der Waals surface area contributed by atoms with Gasteiger partial charge >= 0.3 is 0 Å². The third-order valence-electron chi connectivity index (χ3n) is 4.83. The van der Waals surface area contributed by atoms with E-state index in [0.717, 1.165) is 42.0 Å². The van der Waals surface area contributed by atoms with Gasteiger partial charge in [0.1, 0.15) is 0 Å². The van der Waals surface area contributed by atoms with Crippen molar-refractivity contribution in [2.24, 2.45) is 0 Å². The molecule has 144 valence electrons. The fourth-order valence-electron chi connectivity index (χ4n) is 3.54. The molecule has 1 aromatic heterocycles. The highest BCUT2D eigenvalue weighted by Crippen LogP contribution is 2.33. The molecule has 1 heterocycles. The van der Waals surface area contributed by atoms with E-state index in [2.05, 4.69) is 66.0 Å². The molecule has 0 bridgehead atoms. The molecular formula is C22H20Br2N2O2. The molecule has 0 fully saturated rings. The molecule has 4 aromatic rings. The highest BCUT2D eigenvalue weighted by Gasteiger charge is 2.14. The zero-order valence-corrected chi connectivity index (χ0v) is 18.2. The van der Waals surface area contributed by atoms with Crippen molar-refractivity contribution in [3.8, 4) is 0 Å². The van der Waals surface area contributed by atoms with Crippen molar-refractivity contribution in [3.05, 3.63) is 75.2 Å². The standard InChI is InChI=1S/C22H20Br2N2O2/c23-15-4-6-21-19(9-15)20-10-16(24)5-7-22(20)26(21)12-18(28)11-25-17-3-1-2-14(8-17)13-27/h1-10,18,25,27-28H,11-13H2/t18-/m0/s1. The Bertz CT molecular complexity index is 1080. The number of benzene rings is 3. The number of hydrogen-bond donors (Lipinski definition) is 3. The number of aliphatic hydroxyl groups is 2. The van der Waals surface area contributed by atoms with Gasteiger partial charge in [-0.3, -0.25) is 0 Å². The fourth-order valence-corrected chi connectivity index (χ4v) is 4.26. The quantitative estimate of drug-likeness (QED) is 0.335. The molecule has 3 aromatic carbocycles. The molecule has 28 heavy (non-hydrogen) atoms. The minimum Gasteiger partial charge on any atom is -0.392 e. The van der Waals surface area contributed by atoms with E-state index in [1.165, 1.54) is 0 Å². The summed E-state index contributed by atoms with van der Waals surface area (Å²) in [6, 6.07) is 20.0. The largest absolute Gasteiger partial charge is 0.392 e. The number of aliphatic hydroxyl groups excluding tert-OH is 2. The van der Waals surface area contributed by atoms with Gasteiger partial charge < -0.3 is 20.1 Å². The smallest absolute Gasteiger partial charge is 0.0891 e. The Morgan fingerprint density at radius 1 is 0.893 bits per heavy atom. The van der Waals surface area contributed by atoms with Gasteiger partial charge in [-0.05, 0) is 54.1 Å². The van der Waals surface area contributed by atoms with Crippen molar-refractivity contribution >= 4 is 59.4 Å². The molecule has 4 rings (SSSR count). The van der Waals surface area contributed by atoms with Crippen LogP contribution in [0.1, 0.15) is 5.56 Å². The Kier molecular flexibility index (Phi) is 5.73. The summed E-state index contributed by atoms with van der Waals surface area (Å²) in [5.74, 6) is 0. The highest BCUT2D eigenvalue weighted by molar-refractivity contribution is 9.10. The summed E-state index contributed by atoms with van der Waals surface area (Å²) >= 11 is 7.12. The maximum Gasteiger partial charge on any atom is 0.0891 e. The van der Waals surface area contributed by atoms with Crippen molar-refractivity contribution < 1.29 is 10.2 Å². The predicted octanol–water partition coefficient (Wildman–Crippen LogP) is 5.28. The van der Waals surface area contributed by atoms with Crippen LogP contribution in [-0.2, 0) is 13.2 Å². The van der Waals surface area contributed by atoms with Crippen LogP contribution in [0.3, 0.4) is 0 Å². The molecule has 0 saturated heterocycles. The van der Waals surface area contributed by atoms with E-state index in [4.69, 9.17) is 0 Å². The monoisotopic (exact) mass is 502 g/mol. The molecule has 0 spiro atoms. The molecule has 0 radical (unpaired) electrons. The average molecular weight is 504 g/mol. The SMILES string of the molecule is OCc1cccc(NC[C@H](O)Cn2c3ccc(Br)cc3c3cc(Br)ccc32)c1. The first-order valence-electron chi connectivity index (χ1n) is 9.04. The molecule has 0 aliphatic rings. The Morgan fingerprint density at radius 2 is 1.54 bits per heavy atom. The summed E-state index contributed by atoms with van der Waals surface area (Å²) in [4.78, 5) is 0. The second kappa shape index (κ2) is 8.25. The Hall–Kier alpha value is -1.86. The molecule has 6 heteroatoms. The van der Waals surface area contributed by atoms with Gasteiger partial charge in [0.05, 0.1) is 19.3 Å². The van der Waals surface area contributed by atoms with Crippen molar-refractivity contribution in [2.45, 2.75) is 19.3 Å². The van der Waals surface area contributed by atoms with Crippen molar-refractivity contribution in [1.29, 1.82) is 0 Å². The number of halogens is 2. The van der Waals surface area contributed by atoms with Gasteiger partial charge in [-0.1, -0.05) is 44.0 Å². The second-order valence-corrected chi connectivity index (χ2v) is 8.66. The molecule has 0 unspecified atom stereocenters. The van der Waals surface area contributed by atoms with Crippen molar-refractivity contribution in [2.75, 3.05) is 11.9 Å². The lowest BCUT2D eigenvalue weighted by molar-refractivity contribution is 0.169. The lowest BCUT2D eigenvalue weighted by Crippen LogP contribution is -2.24. The van der Waals surface area contributed by atoms with Crippen LogP contribution >= 0.6 is 31.9 Å². The van der Waals surface area contributed by atoms with Gasteiger partial charge in [-0.25, -0.2) is 0 Å². The van der Waals surface area contributed by atoms with Gasteiger partial charge in [0.2, 0.25) is 0 Å². The van der Waals surface area contributed by atoms with E-state index in [0.29, 0.717) is 13.1 Å². The van der Waals surface area contributed by atoms with E-state index in [9.17, 15) is 10.2 Å². The van der Waals surface area contributed by atoms with E-state index in [-0.39, 0.29) is 6.61 Å². The zero-order chi connectivity index (χ0) is 19.7. The van der Waals surface area contributed by atoms with Crippen molar-refractivity contribution in [1.82, 2.24) is 4.57 Å². The lowest BCUT2D eigenvalue weighted by Gasteiger charge is -2.16. The summed E-state index contributed by atoms with van der Waals surface area (Å²) in [5, 5.41) is 25.5. The molecule has 0 saturated carbocycles.